The number of anilines is 12. The third-order valence-corrected chi connectivity index (χ3v) is 16.7. The smallest absolute Gasteiger partial charge is 0.252 e. The minimum absolute atomic E-state index is 0.0471. The number of hydrogen-bond acceptors (Lipinski definition) is 6. The number of hydrogen-bond donors (Lipinski definition) is 0. The van der Waals surface area contributed by atoms with Crippen molar-refractivity contribution < 1.29 is 4.42 Å². The van der Waals surface area contributed by atoms with Gasteiger partial charge in [0.1, 0.15) is 11.2 Å². The summed E-state index contributed by atoms with van der Waals surface area (Å²) in [6, 6.07) is 93.6. The first-order valence-electron chi connectivity index (χ1n) is 25.4. The normalized spacial score (nSPS) is 13.5. The van der Waals surface area contributed by atoms with Gasteiger partial charge in [-0.15, -0.1) is 0 Å². The highest BCUT2D eigenvalue weighted by Crippen LogP contribution is 2.52. The molecule has 0 amide bonds. The van der Waals surface area contributed by atoms with Crippen molar-refractivity contribution >= 4 is 148 Å². The van der Waals surface area contributed by atoms with Crippen molar-refractivity contribution in [3.05, 3.63) is 255 Å². The summed E-state index contributed by atoms with van der Waals surface area (Å²) in [5.74, 6) is 0. The van der Waals surface area contributed by atoms with E-state index in [-0.39, 0.29) is 13.4 Å². The van der Waals surface area contributed by atoms with Crippen LogP contribution >= 0.6 is 11.8 Å². The number of furan rings is 1. The van der Waals surface area contributed by atoms with Crippen LogP contribution in [0.2, 0.25) is 0 Å². The van der Waals surface area contributed by atoms with Gasteiger partial charge in [-0.3, -0.25) is 0 Å². The highest BCUT2D eigenvalue weighted by Gasteiger charge is 2.48. The van der Waals surface area contributed by atoms with Crippen molar-refractivity contribution in [1.82, 2.24) is 0 Å². The first-order valence-corrected chi connectivity index (χ1v) is 26.2. The average molecular weight is 961 g/mol. The zero-order valence-electron chi connectivity index (χ0n) is 40.0. The molecule has 0 bridgehead atoms. The predicted octanol–water partition coefficient (Wildman–Crippen LogP) is 13.9. The van der Waals surface area contributed by atoms with Gasteiger partial charge in [-0.1, -0.05) is 169 Å². The number of fused-ring (bicyclic) bond motifs is 12. The zero-order chi connectivity index (χ0) is 48.4. The van der Waals surface area contributed by atoms with Crippen LogP contribution < -0.4 is 52.4 Å². The predicted molar refractivity (Wildman–Crippen MR) is 312 cm³/mol. The lowest BCUT2D eigenvalue weighted by atomic mass is 9.30. The van der Waals surface area contributed by atoms with E-state index in [1.54, 1.807) is 0 Å². The van der Waals surface area contributed by atoms with E-state index in [2.05, 4.69) is 274 Å². The van der Waals surface area contributed by atoms with Crippen molar-refractivity contribution in [1.29, 1.82) is 0 Å². The summed E-state index contributed by atoms with van der Waals surface area (Å²) in [5.41, 5.74) is 23.1. The van der Waals surface area contributed by atoms with Gasteiger partial charge >= 0.3 is 0 Å². The first-order chi connectivity index (χ1) is 36.7. The molecule has 0 atom stereocenters. The fourth-order valence-electron chi connectivity index (χ4n) is 12.7. The van der Waals surface area contributed by atoms with Gasteiger partial charge in [0.25, 0.3) is 6.71 Å². The number of para-hydroxylation sites is 7. The van der Waals surface area contributed by atoms with Gasteiger partial charge in [-0.05, 0) is 130 Å². The van der Waals surface area contributed by atoms with E-state index in [1.807, 2.05) is 11.8 Å². The summed E-state index contributed by atoms with van der Waals surface area (Å²) >= 11 is 1.86. The zero-order valence-corrected chi connectivity index (χ0v) is 40.8. The molecule has 4 aliphatic rings. The highest BCUT2D eigenvalue weighted by atomic mass is 32.2. The molecule has 74 heavy (non-hydrogen) atoms. The van der Waals surface area contributed by atoms with Crippen LogP contribution in [0.25, 0.3) is 21.9 Å². The lowest BCUT2D eigenvalue weighted by molar-refractivity contribution is 0.668. The van der Waals surface area contributed by atoms with Crippen molar-refractivity contribution in [3.63, 3.8) is 0 Å². The summed E-state index contributed by atoms with van der Waals surface area (Å²) in [5, 5.41) is 2.26. The lowest BCUT2D eigenvalue weighted by Crippen LogP contribution is -2.64. The Morgan fingerprint density at radius 1 is 0.338 bits per heavy atom. The summed E-state index contributed by atoms with van der Waals surface area (Å²) in [4.78, 5) is 12.5. The van der Waals surface area contributed by atoms with E-state index in [1.165, 1.54) is 53.9 Å². The van der Waals surface area contributed by atoms with Crippen molar-refractivity contribution in [3.8, 4) is 0 Å². The van der Waals surface area contributed by atoms with Crippen LogP contribution in [-0.2, 0) is 0 Å². The van der Waals surface area contributed by atoms with E-state index >= 15 is 0 Å². The average Bonchev–Trinajstić information content (AvgIpc) is 3.86. The second-order valence-electron chi connectivity index (χ2n) is 19.6. The van der Waals surface area contributed by atoms with E-state index in [4.69, 9.17) is 4.42 Å². The van der Waals surface area contributed by atoms with E-state index < -0.39 is 0 Å². The first kappa shape index (κ1) is 41.5. The third kappa shape index (κ3) is 6.03. The van der Waals surface area contributed by atoms with E-state index in [9.17, 15) is 0 Å². The molecule has 16 rings (SSSR count). The lowest BCUT2D eigenvalue weighted by Gasteiger charge is -2.46. The molecule has 344 valence electrons. The molecular formula is C66H42B2N4OS. The van der Waals surface area contributed by atoms with E-state index in [0.29, 0.717) is 0 Å². The summed E-state index contributed by atoms with van der Waals surface area (Å²) < 4.78 is 6.84. The Kier molecular flexibility index (Phi) is 9.09. The maximum atomic E-state index is 6.84. The Morgan fingerprint density at radius 2 is 0.838 bits per heavy atom. The van der Waals surface area contributed by atoms with Crippen LogP contribution in [0.5, 0.6) is 0 Å². The molecule has 0 spiro atoms. The van der Waals surface area contributed by atoms with Crippen LogP contribution in [0.1, 0.15) is 0 Å². The van der Waals surface area contributed by atoms with Crippen LogP contribution in [-0.4, -0.2) is 13.4 Å². The quantitative estimate of drug-likeness (QED) is 0.154. The Morgan fingerprint density at radius 3 is 1.49 bits per heavy atom. The standard InChI is InChI=1S/C66H42B2N4OS/c1-6-22-43(23-7-1)69(44-24-8-2-9-25-44)48-38-57-64-58(39-48)71(46-28-12-4-13-29-46)55-41-56-53(40-52(55)67(64)50-33-17-19-35-54(50)70(57)45-26-10-3-11-27-45)68-51-34-18-21-37-61(51)74-62-42-60-63(49-32-16-20-36-59(49)73-60)66(65(62)68)72(56)47-30-14-5-15-31-47/h1-42H. The van der Waals surface area contributed by atoms with Crippen LogP contribution in [0.15, 0.2) is 269 Å². The fourth-order valence-corrected chi connectivity index (χ4v) is 13.9. The molecule has 0 unspecified atom stereocenters. The molecule has 5 heterocycles. The molecule has 0 radical (unpaired) electrons. The second kappa shape index (κ2) is 16.2. The van der Waals surface area contributed by atoms with Gasteiger partial charge in [-0.25, -0.2) is 0 Å². The highest BCUT2D eigenvalue weighted by molar-refractivity contribution is 8.00. The molecule has 0 fully saturated rings. The molecule has 0 saturated carbocycles. The Labute approximate surface area is 434 Å². The Balaban J connectivity index is 1.05. The largest absolute Gasteiger partial charge is 0.456 e. The van der Waals surface area contributed by atoms with Gasteiger partial charge in [0, 0.05) is 72.1 Å². The van der Waals surface area contributed by atoms with Crippen LogP contribution in [0.4, 0.5) is 68.2 Å². The van der Waals surface area contributed by atoms with Gasteiger partial charge in [0.05, 0.1) is 16.8 Å². The molecule has 0 aliphatic carbocycles. The fraction of sp³-hybridized carbons (Fsp3) is 0. The van der Waals surface area contributed by atoms with Crippen LogP contribution in [0, 0.1) is 0 Å². The Hall–Kier alpha value is -9.10. The molecule has 8 heteroatoms. The maximum Gasteiger partial charge on any atom is 0.252 e. The third-order valence-electron chi connectivity index (χ3n) is 15.6. The number of nitrogens with zero attached hydrogens (tertiary/aromatic N) is 4. The maximum absolute atomic E-state index is 6.84. The van der Waals surface area contributed by atoms with E-state index in [0.717, 1.165) is 78.8 Å². The molecule has 12 aromatic rings. The topological polar surface area (TPSA) is 26.1 Å². The number of benzene rings is 11. The summed E-state index contributed by atoms with van der Waals surface area (Å²) in [6.07, 6.45) is 0. The molecule has 11 aromatic carbocycles. The van der Waals surface area contributed by atoms with Gasteiger partial charge in [0.15, 0.2) is 0 Å². The van der Waals surface area contributed by atoms with Gasteiger partial charge in [-0.2, -0.15) is 0 Å². The molecule has 4 aliphatic heterocycles. The molecular weight excluding hydrogens is 918 g/mol. The Bertz CT molecular complexity index is 4170. The SMILES string of the molecule is c1ccc(N(c2ccccc2)c2cc3c4c(c2)N(c2ccccc2)c2cc5c(cc2B4c2ccccc2N3c2ccccc2)B2c3ccccc3Sc3cc4oc6ccccc6c4c(c32)N5c2ccccc2)cc1. The minimum atomic E-state index is -0.105. The van der Waals surface area contributed by atoms with Gasteiger partial charge < -0.3 is 24.0 Å². The molecule has 0 N–H and O–H groups in total. The molecule has 0 saturated heterocycles. The summed E-state index contributed by atoms with van der Waals surface area (Å²) in [7, 11) is 0. The van der Waals surface area contributed by atoms with Crippen LogP contribution in [0.3, 0.4) is 0 Å². The second-order valence-corrected chi connectivity index (χ2v) is 20.6. The van der Waals surface area contributed by atoms with Crippen molar-refractivity contribution in [2.45, 2.75) is 9.79 Å². The molecule has 1 aromatic heterocycles. The van der Waals surface area contributed by atoms with Crippen molar-refractivity contribution in [2.75, 3.05) is 19.6 Å². The van der Waals surface area contributed by atoms with Crippen molar-refractivity contribution in [2.24, 2.45) is 0 Å². The molecule has 5 nitrogen and oxygen atoms in total. The number of rotatable bonds is 6. The van der Waals surface area contributed by atoms with Gasteiger partial charge in [0.2, 0.25) is 6.71 Å². The minimum Gasteiger partial charge on any atom is -0.456 e. The monoisotopic (exact) mass is 960 g/mol. The summed E-state index contributed by atoms with van der Waals surface area (Å²) in [6.45, 7) is -0.152.